The highest BCUT2D eigenvalue weighted by atomic mass is 79.9. The van der Waals surface area contributed by atoms with Gasteiger partial charge in [-0.15, -0.1) is 0 Å². The first-order valence-corrected chi connectivity index (χ1v) is 6.04. The number of nitriles is 1. The zero-order chi connectivity index (χ0) is 13.1. The highest BCUT2D eigenvalue weighted by molar-refractivity contribution is 9.10. The third-order valence-electron chi connectivity index (χ3n) is 2.51. The molecule has 0 aliphatic rings. The summed E-state index contributed by atoms with van der Waals surface area (Å²) in [6.07, 6.45) is -1.09. The van der Waals surface area contributed by atoms with Gasteiger partial charge in [0.05, 0.1) is 11.6 Å². The van der Waals surface area contributed by atoms with E-state index in [1.54, 1.807) is 12.1 Å². The quantitative estimate of drug-likeness (QED) is 0.877. The second-order valence-electron chi connectivity index (χ2n) is 3.72. The number of nitrogens with zero attached hydrogens (tertiary/aromatic N) is 1. The summed E-state index contributed by atoms with van der Waals surface area (Å²) in [5.41, 5.74) is 0.946. The molecule has 1 heterocycles. The molecule has 18 heavy (non-hydrogen) atoms. The maximum Gasteiger partial charge on any atom is 0.146 e. The van der Waals surface area contributed by atoms with Crippen LogP contribution in [0.2, 0.25) is 0 Å². The molecule has 90 valence electrons. The Kier molecular flexibility index (Phi) is 3.66. The number of furan rings is 1. The van der Waals surface area contributed by atoms with Gasteiger partial charge in [-0.25, -0.2) is 0 Å². The fourth-order valence-corrected chi connectivity index (χ4v) is 2.02. The number of aliphatic hydroxyl groups excluding tert-OH is 1. The van der Waals surface area contributed by atoms with Crippen LogP contribution >= 0.6 is 15.9 Å². The van der Waals surface area contributed by atoms with Gasteiger partial charge >= 0.3 is 0 Å². The third kappa shape index (κ3) is 2.37. The lowest BCUT2D eigenvalue weighted by Crippen LogP contribution is -1.96. The molecule has 1 aromatic heterocycles. The van der Waals surface area contributed by atoms with Crippen LogP contribution in [0, 0.1) is 11.3 Å². The molecule has 2 aromatic rings. The van der Waals surface area contributed by atoms with E-state index in [1.807, 2.05) is 30.3 Å². The van der Waals surface area contributed by atoms with E-state index in [1.165, 1.54) is 0 Å². The lowest BCUT2D eigenvalue weighted by Gasteiger charge is -2.04. The van der Waals surface area contributed by atoms with Gasteiger partial charge < -0.3 is 9.52 Å². The van der Waals surface area contributed by atoms with Gasteiger partial charge in [0.2, 0.25) is 0 Å². The smallest absolute Gasteiger partial charge is 0.146 e. The number of aliphatic hydroxyl groups is 1. The number of halogens is 1. The van der Waals surface area contributed by atoms with Crippen molar-refractivity contribution in [1.82, 2.24) is 0 Å². The average molecular weight is 304 g/mol. The second kappa shape index (κ2) is 5.21. The van der Waals surface area contributed by atoms with E-state index in [9.17, 15) is 5.11 Å². The first-order chi connectivity index (χ1) is 8.63. The molecular weight excluding hydrogens is 294 g/mol. The predicted octanol–water partition coefficient (Wildman–Crippen LogP) is 3.82. The highest BCUT2D eigenvalue weighted by Gasteiger charge is 2.16. The van der Waals surface area contributed by atoms with E-state index in [-0.39, 0.29) is 5.57 Å². The van der Waals surface area contributed by atoms with Crippen LogP contribution in [0.3, 0.4) is 0 Å². The molecule has 3 nitrogen and oxygen atoms in total. The molecule has 0 radical (unpaired) electrons. The average Bonchev–Trinajstić information content (AvgIpc) is 2.87. The molecule has 0 bridgehead atoms. The Bertz CT molecular complexity index is 625. The van der Waals surface area contributed by atoms with E-state index < -0.39 is 6.10 Å². The fourth-order valence-electron chi connectivity index (χ4n) is 1.54. The Labute approximate surface area is 113 Å². The molecule has 0 fully saturated rings. The first kappa shape index (κ1) is 12.6. The van der Waals surface area contributed by atoms with Gasteiger partial charge in [0, 0.05) is 10.0 Å². The van der Waals surface area contributed by atoms with Gasteiger partial charge in [0.25, 0.3) is 0 Å². The summed E-state index contributed by atoms with van der Waals surface area (Å²) in [5, 5.41) is 18.5. The summed E-state index contributed by atoms with van der Waals surface area (Å²) in [7, 11) is 0. The summed E-state index contributed by atoms with van der Waals surface area (Å²) in [6.45, 7) is 3.47. The van der Waals surface area contributed by atoms with E-state index >= 15 is 0 Å². The van der Waals surface area contributed by atoms with Crippen molar-refractivity contribution in [2.75, 3.05) is 0 Å². The van der Waals surface area contributed by atoms with Gasteiger partial charge in [-0.1, -0.05) is 40.7 Å². The molecule has 0 aliphatic carbocycles. The van der Waals surface area contributed by atoms with Crippen LogP contribution in [0.1, 0.15) is 11.9 Å². The Balaban J connectivity index is 2.35. The van der Waals surface area contributed by atoms with E-state index in [0.29, 0.717) is 11.5 Å². The molecule has 4 heteroatoms. The minimum absolute atomic E-state index is 0.0584. The number of rotatable bonds is 3. The minimum atomic E-state index is -1.09. The van der Waals surface area contributed by atoms with Crippen LogP contribution in [0.15, 0.2) is 57.4 Å². The van der Waals surface area contributed by atoms with Crippen LogP contribution in [0.25, 0.3) is 11.3 Å². The van der Waals surface area contributed by atoms with Crippen LogP contribution in [0.4, 0.5) is 0 Å². The summed E-state index contributed by atoms with van der Waals surface area (Å²) in [4.78, 5) is 0. The minimum Gasteiger partial charge on any atom is -0.458 e. The molecule has 1 unspecified atom stereocenters. The molecule has 2 rings (SSSR count). The van der Waals surface area contributed by atoms with Gasteiger partial charge in [-0.05, 0) is 18.2 Å². The van der Waals surface area contributed by atoms with Gasteiger partial charge in [0.1, 0.15) is 17.6 Å². The van der Waals surface area contributed by atoms with Crippen LogP contribution in [0.5, 0.6) is 0 Å². The SMILES string of the molecule is C=C(C#N)C(O)c1ccc(-c2ccccc2Br)o1. The Hall–Kier alpha value is -1.83. The van der Waals surface area contributed by atoms with Crippen molar-refractivity contribution < 1.29 is 9.52 Å². The number of benzene rings is 1. The molecule has 0 spiro atoms. The molecule has 0 saturated heterocycles. The van der Waals surface area contributed by atoms with Crippen LogP contribution in [-0.2, 0) is 0 Å². The second-order valence-corrected chi connectivity index (χ2v) is 4.58. The molecule has 0 aliphatic heterocycles. The van der Waals surface area contributed by atoms with E-state index in [2.05, 4.69) is 22.5 Å². The normalized spacial score (nSPS) is 11.8. The highest BCUT2D eigenvalue weighted by Crippen LogP contribution is 2.32. The van der Waals surface area contributed by atoms with Gasteiger partial charge in [-0.3, -0.25) is 0 Å². The lowest BCUT2D eigenvalue weighted by atomic mass is 10.1. The fraction of sp³-hybridized carbons (Fsp3) is 0.0714. The van der Waals surface area contributed by atoms with Crippen LogP contribution in [-0.4, -0.2) is 5.11 Å². The largest absolute Gasteiger partial charge is 0.458 e. The van der Waals surface area contributed by atoms with E-state index in [0.717, 1.165) is 10.0 Å². The molecule has 1 N–H and O–H groups in total. The van der Waals surface area contributed by atoms with Gasteiger partial charge in [-0.2, -0.15) is 5.26 Å². The van der Waals surface area contributed by atoms with Crippen molar-refractivity contribution in [2.24, 2.45) is 0 Å². The van der Waals surface area contributed by atoms with Crippen molar-refractivity contribution in [3.05, 3.63) is 58.8 Å². The summed E-state index contributed by atoms with van der Waals surface area (Å²) in [5.74, 6) is 0.939. The summed E-state index contributed by atoms with van der Waals surface area (Å²) >= 11 is 3.43. The van der Waals surface area contributed by atoms with Crippen LogP contribution < -0.4 is 0 Å². The maximum atomic E-state index is 9.79. The maximum absolute atomic E-state index is 9.79. The number of hydrogen-bond donors (Lipinski definition) is 1. The summed E-state index contributed by atoms with van der Waals surface area (Å²) in [6, 6.07) is 12.8. The Morgan fingerprint density at radius 1 is 1.33 bits per heavy atom. The first-order valence-electron chi connectivity index (χ1n) is 5.25. The molecular formula is C14H10BrNO2. The van der Waals surface area contributed by atoms with E-state index in [4.69, 9.17) is 9.68 Å². The van der Waals surface area contributed by atoms with Gasteiger partial charge in [0.15, 0.2) is 0 Å². The van der Waals surface area contributed by atoms with Crippen molar-refractivity contribution in [2.45, 2.75) is 6.10 Å². The molecule has 1 aromatic carbocycles. The molecule has 0 amide bonds. The van der Waals surface area contributed by atoms with Crippen molar-refractivity contribution in [1.29, 1.82) is 5.26 Å². The standard InChI is InChI=1S/C14H10BrNO2/c1-9(8-16)14(17)13-7-6-12(18-13)10-4-2-3-5-11(10)15/h2-7,14,17H,1H2. The third-order valence-corrected chi connectivity index (χ3v) is 3.20. The zero-order valence-electron chi connectivity index (χ0n) is 9.43. The predicted molar refractivity (Wildman–Crippen MR) is 71.6 cm³/mol. The molecule has 0 saturated carbocycles. The van der Waals surface area contributed by atoms with Crippen molar-refractivity contribution in [3.8, 4) is 17.4 Å². The van der Waals surface area contributed by atoms with Crippen molar-refractivity contribution in [3.63, 3.8) is 0 Å². The zero-order valence-corrected chi connectivity index (χ0v) is 11.0. The topological polar surface area (TPSA) is 57.2 Å². The number of hydrogen-bond acceptors (Lipinski definition) is 3. The monoisotopic (exact) mass is 303 g/mol. The molecule has 1 atom stereocenters. The Morgan fingerprint density at radius 2 is 2.06 bits per heavy atom. The lowest BCUT2D eigenvalue weighted by molar-refractivity contribution is 0.191. The Morgan fingerprint density at radius 3 is 2.72 bits per heavy atom. The summed E-state index contributed by atoms with van der Waals surface area (Å²) < 4.78 is 6.45. The van der Waals surface area contributed by atoms with Crippen molar-refractivity contribution >= 4 is 15.9 Å².